The minimum atomic E-state index is -0.537. The molecule has 3 nitrogen and oxygen atoms in total. The first-order valence-electron chi connectivity index (χ1n) is 4.83. The second-order valence-corrected chi connectivity index (χ2v) is 4.89. The van der Waals surface area contributed by atoms with Gasteiger partial charge in [0, 0.05) is 0 Å². The van der Waals surface area contributed by atoms with E-state index in [0.717, 1.165) is 4.88 Å². The fraction of sp³-hybridized carbons (Fsp3) is 0.778. The van der Waals surface area contributed by atoms with Gasteiger partial charge in [-0.25, -0.2) is 0 Å². The summed E-state index contributed by atoms with van der Waals surface area (Å²) in [6.45, 7) is 0. The molecular formula is C9H12N2OS. The minimum absolute atomic E-state index is 0.503. The van der Waals surface area contributed by atoms with Crippen molar-refractivity contribution in [2.75, 3.05) is 0 Å². The molecule has 1 heterocycles. The fourth-order valence-corrected chi connectivity index (χ4v) is 3.53. The molecule has 3 rings (SSSR count). The summed E-state index contributed by atoms with van der Waals surface area (Å²) >= 11 is 1.35. The Hall–Kier alpha value is -0.480. The van der Waals surface area contributed by atoms with Crippen molar-refractivity contribution in [3.8, 4) is 0 Å². The lowest BCUT2D eigenvalue weighted by Crippen LogP contribution is -2.07. The lowest BCUT2D eigenvalue weighted by molar-refractivity contribution is 0.122. The number of aliphatic hydroxyl groups is 1. The predicted octanol–water partition coefficient (Wildman–Crippen LogP) is 1.55. The number of aromatic nitrogens is 2. The first kappa shape index (κ1) is 7.88. The molecule has 1 N–H and O–H groups in total. The van der Waals surface area contributed by atoms with Crippen LogP contribution in [-0.2, 0) is 5.60 Å². The van der Waals surface area contributed by atoms with E-state index in [0.29, 0.717) is 11.8 Å². The summed E-state index contributed by atoms with van der Waals surface area (Å²) in [5.41, 5.74) is -0.537. The Morgan fingerprint density at radius 2 is 2.08 bits per heavy atom. The van der Waals surface area contributed by atoms with E-state index >= 15 is 0 Å². The van der Waals surface area contributed by atoms with Crippen LogP contribution in [0.4, 0.5) is 0 Å². The molecule has 0 aliphatic heterocycles. The lowest BCUT2D eigenvalue weighted by atomic mass is 10.0. The van der Waals surface area contributed by atoms with E-state index in [9.17, 15) is 5.11 Å². The standard InChI is InChI=1S/C9H12N2OS/c12-9(8-5-10-11-13-8)6-3-1-2-4-7(6)9/h5-7,12H,1-4H2. The van der Waals surface area contributed by atoms with Crippen molar-refractivity contribution in [3.05, 3.63) is 11.1 Å². The van der Waals surface area contributed by atoms with Crippen LogP contribution < -0.4 is 0 Å². The van der Waals surface area contributed by atoms with E-state index in [1.807, 2.05) is 0 Å². The van der Waals surface area contributed by atoms with Crippen molar-refractivity contribution >= 4 is 11.5 Å². The van der Waals surface area contributed by atoms with Crippen LogP contribution in [0.1, 0.15) is 30.6 Å². The quantitative estimate of drug-likeness (QED) is 0.741. The van der Waals surface area contributed by atoms with E-state index in [-0.39, 0.29) is 0 Å². The molecule has 2 fully saturated rings. The van der Waals surface area contributed by atoms with Crippen molar-refractivity contribution in [1.29, 1.82) is 0 Å². The van der Waals surface area contributed by atoms with Crippen LogP contribution in [0.3, 0.4) is 0 Å². The Morgan fingerprint density at radius 1 is 1.38 bits per heavy atom. The first-order valence-corrected chi connectivity index (χ1v) is 5.61. The highest BCUT2D eigenvalue weighted by molar-refractivity contribution is 7.05. The zero-order valence-electron chi connectivity index (χ0n) is 7.31. The molecule has 70 valence electrons. The van der Waals surface area contributed by atoms with E-state index in [2.05, 4.69) is 9.59 Å². The van der Waals surface area contributed by atoms with Gasteiger partial charge in [-0.1, -0.05) is 17.3 Å². The average Bonchev–Trinajstić information content (AvgIpc) is 2.62. The van der Waals surface area contributed by atoms with Gasteiger partial charge in [0.15, 0.2) is 0 Å². The number of nitrogens with zero attached hydrogens (tertiary/aromatic N) is 2. The average molecular weight is 196 g/mol. The molecule has 0 amide bonds. The second kappa shape index (κ2) is 2.51. The van der Waals surface area contributed by atoms with Crippen molar-refractivity contribution in [2.45, 2.75) is 31.3 Å². The maximum absolute atomic E-state index is 10.4. The summed E-state index contributed by atoms with van der Waals surface area (Å²) in [6, 6.07) is 0. The van der Waals surface area contributed by atoms with Gasteiger partial charge in [-0.2, -0.15) is 0 Å². The van der Waals surface area contributed by atoms with E-state index < -0.39 is 5.60 Å². The zero-order chi connectivity index (χ0) is 8.89. The van der Waals surface area contributed by atoms with Gasteiger partial charge in [0.25, 0.3) is 0 Å². The molecule has 0 saturated heterocycles. The van der Waals surface area contributed by atoms with Crippen LogP contribution in [0.2, 0.25) is 0 Å². The van der Waals surface area contributed by atoms with Gasteiger partial charge in [-0.05, 0) is 36.2 Å². The summed E-state index contributed by atoms with van der Waals surface area (Å²) in [5.74, 6) is 1.01. The van der Waals surface area contributed by atoms with Crippen LogP contribution in [0, 0.1) is 11.8 Å². The summed E-state index contributed by atoms with van der Waals surface area (Å²) in [5, 5.41) is 14.2. The lowest BCUT2D eigenvalue weighted by Gasteiger charge is -2.04. The van der Waals surface area contributed by atoms with Crippen LogP contribution >= 0.6 is 11.5 Å². The third-order valence-corrected chi connectivity index (χ3v) is 4.35. The van der Waals surface area contributed by atoms with Crippen molar-refractivity contribution in [2.24, 2.45) is 11.8 Å². The molecule has 4 heteroatoms. The Bertz CT molecular complexity index is 299. The maximum atomic E-state index is 10.4. The number of rotatable bonds is 1. The highest BCUT2D eigenvalue weighted by Crippen LogP contribution is 2.64. The number of hydrogen-bond acceptors (Lipinski definition) is 4. The van der Waals surface area contributed by atoms with Crippen LogP contribution in [-0.4, -0.2) is 14.7 Å². The third-order valence-electron chi connectivity index (χ3n) is 3.54. The molecule has 0 bridgehead atoms. The topological polar surface area (TPSA) is 46.0 Å². The smallest absolute Gasteiger partial charge is 0.108 e. The molecule has 1 aromatic rings. The Balaban J connectivity index is 1.92. The van der Waals surface area contributed by atoms with Crippen LogP contribution in [0.25, 0.3) is 0 Å². The predicted molar refractivity (Wildman–Crippen MR) is 49.3 cm³/mol. The summed E-state index contributed by atoms with van der Waals surface area (Å²) in [4.78, 5) is 0.976. The van der Waals surface area contributed by atoms with Crippen LogP contribution in [0.5, 0.6) is 0 Å². The van der Waals surface area contributed by atoms with E-state index in [4.69, 9.17) is 0 Å². The second-order valence-electron chi connectivity index (χ2n) is 4.10. The number of fused-ring (bicyclic) bond motifs is 1. The minimum Gasteiger partial charge on any atom is -0.384 e. The SMILES string of the molecule is OC1(c2cnns2)C2CCCCC21. The van der Waals surface area contributed by atoms with Crippen molar-refractivity contribution in [1.82, 2.24) is 9.59 Å². The van der Waals surface area contributed by atoms with Crippen LogP contribution in [0.15, 0.2) is 6.20 Å². The largest absolute Gasteiger partial charge is 0.384 e. The van der Waals surface area contributed by atoms with E-state index in [1.54, 1.807) is 6.20 Å². The Labute approximate surface area is 81.0 Å². The summed E-state index contributed by atoms with van der Waals surface area (Å²) in [6.07, 6.45) is 6.63. The molecule has 2 saturated carbocycles. The highest BCUT2D eigenvalue weighted by atomic mass is 32.1. The first-order chi connectivity index (χ1) is 6.33. The molecular weight excluding hydrogens is 184 g/mol. The molecule has 1 aromatic heterocycles. The molecule has 0 spiro atoms. The fourth-order valence-electron chi connectivity index (χ4n) is 2.80. The van der Waals surface area contributed by atoms with Crippen molar-refractivity contribution < 1.29 is 5.11 Å². The molecule has 2 unspecified atom stereocenters. The molecule has 2 atom stereocenters. The van der Waals surface area contributed by atoms with Gasteiger partial charge in [-0.3, -0.25) is 0 Å². The molecule has 2 aliphatic rings. The van der Waals surface area contributed by atoms with Gasteiger partial charge in [0.1, 0.15) is 5.60 Å². The highest BCUT2D eigenvalue weighted by Gasteiger charge is 2.65. The van der Waals surface area contributed by atoms with Gasteiger partial charge < -0.3 is 5.11 Å². The van der Waals surface area contributed by atoms with Crippen molar-refractivity contribution in [3.63, 3.8) is 0 Å². The van der Waals surface area contributed by atoms with Gasteiger partial charge in [-0.15, -0.1) is 5.10 Å². The molecule has 13 heavy (non-hydrogen) atoms. The Morgan fingerprint density at radius 3 is 2.62 bits per heavy atom. The maximum Gasteiger partial charge on any atom is 0.108 e. The molecule has 0 aromatic carbocycles. The zero-order valence-corrected chi connectivity index (χ0v) is 8.13. The van der Waals surface area contributed by atoms with Gasteiger partial charge in [0.05, 0.1) is 11.1 Å². The van der Waals surface area contributed by atoms with Gasteiger partial charge >= 0.3 is 0 Å². The summed E-state index contributed by atoms with van der Waals surface area (Å²) < 4.78 is 3.82. The third kappa shape index (κ3) is 0.929. The Kier molecular flexibility index (Phi) is 1.52. The van der Waals surface area contributed by atoms with E-state index in [1.165, 1.54) is 37.2 Å². The molecule has 0 radical (unpaired) electrons. The van der Waals surface area contributed by atoms with Gasteiger partial charge in [0.2, 0.25) is 0 Å². The number of hydrogen-bond donors (Lipinski definition) is 1. The summed E-state index contributed by atoms with van der Waals surface area (Å²) in [7, 11) is 0. The monoisotopic (exact) mass is 196 g/mol. The molecule has 2 aliphatic carbocycles. The normalized spacial score (nSPS) is 42.8.